The second-order valence-electron chi connectivity index (χ2n) is 4.29. The third-order valence-corrected chi connectivity index (χ3v) is 2.54. The predicted octanol–water partition coefficient (Wildman–Crippen LogP) is 1.38. The number of rotatable bonds is 4. The number of aliphatic hydroxyl groups is 1. The van der Waals surface area contributed by atoms with Crippen LogP contribution in [-0.2, 0) is 0 Å². The van der Waals surface area contributed by atoms with E-state index in [9.17, 15) is 5.11 Å². The van der Waals surface area contributed by atoms with Gasteiger partial charge in [-0.15, -0.1) is 0 Å². The van der Waals surface area contributed by atoms with E-state index in [0.717, 1.165) is 5.69 Å². The number of fused-ring (bicyclic) bond motifs is 1. The van der Waals surface area contributed by atoms with Gasteiger partial charge >= 0.3 is 0 Å². The maximum absolute atomic E-state index is 9.31. The lowest BCUT2D eigenvalue weighted by molar-refractivity contribution is 0.179. The molecule has 0 spiro atoms. The number of aliphatic hydroxyl groups excluding tert-OH is 1. The summed E-state index contributed by atoms with van der Waals surface area (Å²) < 4.78 is 4.68. The fraction of sp³-hybridized carbons (Fsp3) is 0.455. The lowest BCUT2D eigenvalue weighted by Crippen LogP contribution is -2.20. The zero-order valence-electron chi connectivity index (χ0n) is 9.84. The maximum Gasteiger partial charge on any atom is 0.160 e. The molecule has 0 aliphatic rings. The molecule has 2 aromatic rings. The number of nitrogens with zero attached hydrogens (tertiary/aromatic N) is 2. The van der Waals surface area contributed by atoms with E-state index in [4.69, 9.17) is 5.73 Å². The molecule has 0 amide bonds. The Labute approximate surface area is 98.8 Å². The molecule has 0 saturated carbocycles. The minimum atomic E-state index is -0.350. The molecular formula is C11H16N4O2. The molecule has 6 nitrogen and oxygen atoms in total. The summed E-state index contributed by atoms with van der Waals surface area (Å²) in [5.41, 5.74) is 8.26. The highest BCUT2D eigenvalue weighted by atomic mass is 16.6. The van der Waals surface area contributed by atoms with Crippen LogP contribution in [0.4, 0.5) is 11.4 Å². The number of nitrogens with one attached hydrogen (secondary N) is 1. The van der Waals surface area contributed by atoms with Gasteiger partial charge in [-0.25, -0.2) is 4.63 Å². The van der Waals surface area contributed by atoms with Crippen LogP contribution in [0.25, 0.3) is 11.0 Å². The van der Waals surface area contributed by atoms with E-state index in [1.807, 2.05) is 13.0 Å². The first-order valence-electron chi connectivity index (χ1n) is 5.53. The average Bonchev–Trinajstić information content (AvgIpc) is 2.70. The van der Waals surface area contributed by atoms with Gasteiger partial charge < -0.3 is 16.2 Å². The number of hydrogen-bond donors (Lipinski definition) is 3. The van der Waals surface area contributed by atoms with Crippen LogP contribution in [0.2, 0.25) is 0 Å². The largest absolute Gasteiger partial charge is 0.397 e. The molecule has 2 unspecified atom stereocenters. The minimum Gasteiger partial charge on any atom is -0.397 e. The average molecular weight is 236 g/mol. The molecule has 2 atom stereocenters. The summed E-state index contributed by atoms with van der Waals surface area (Å²) in [4.78, 5) is 0. The van der Waals surface area contributed by atoms with Gasteiger partial charge in [0.2, 0.25) is 0 Å². The standard InChI is InChI=1S/C11H16N4O2/c1-6(5-7(2)16)13-9-4-3-8(12)10-11(9)15-17-14-10/h3-4,6-7,13,16H,5,12H2,1-2H3. The molecule has 2 rings (SSSR count). The maximum atomic E-state index is 9.31. The van der Waals surface area contributed by atoms with Gasteiger partial charge in [0.25, 0.3) is 0 Å². The molecular weight excluding hydrogens is 220 g/mol. The molecule has 4 N–H and O–H groups in total. The van der Waals surface area contributed by atoms with Crippen molar-refractivity contribution in [2.45, 2.75) is 32.4 Å². The van der Waals surface area contributed by atoms with Crippen molar-refractivity contribution >= 4 is 22.4 Å². The summed E-state index contributed by atoms with van der Waals surface area (Å²) in [5, 5.41) is 20.1. The third kappa shape index (κ3) is 2.47. The molecule has 6 heteroatoms. The van der Waals surface area contributed by atoms with Crippen molar-refractivity contribution < 1.29 is 9.74 Å². The first kappa shape index (κ1) is 11.7. The van der Waals surface area contributed by atoms with Gasteiger partial charge in [0.15, 0.2) is 11.0 Å². The Hall–Kier alpha value is -1.82. The summed E-state index contributed by atoms with van der Waals surface area (Å²) in [7, 11) is 0. The molecule has 1 aromatic heterocycles. The Morgan fingerprint density at radius 1 is 1.35 bits per heavy atom. The van der Waals surface area contributed by atoms with Crippen molar-refractivity contribution in [2.75, 3.05) is 11.1 Å². The van der Waals surface area contributed by atoms with Crippen LogP contribution in [0.15, 0.2) is 16.8 Å². The van der Waals surface area contributed by atoms with E-state index in [-0.39, 0.29) is 12.1 Å². The van der Waals surface area contributed by atoms with Crippen molar-refractivity contribution in [2.24, 2.45) is 0 Å². The van der Waals surface area contributed by atoms with Crippen molar-refractivity contribution in [1.29, 1.82) is 0 Å². The summed E-state index contributed by atoms with van der Waals surface area (Å²) in [6.45, 7) is 3.75. The number of anilines is 2. The number of nitrogen functional groups attached to an aromatic ring is 1. The topological polar surface area (TPSA) is 97.2 Å². The van der Waals surface area contributed by atoms with Gasteiger partial charge in [0.1, 0.15) is 0 Å². The highest BCUT2D eigenvalue weighted by Crippen LogP contribution is 2.25. The number of aromatic nitrogens is 2. The summed E-state index contributed by atoms with van der Waals surface area (Å²) in [5.74, 6) is 0. The summed E-state index contributed by atoms with van der Waals surface area (Å²) in [6, 6.07) is 3.71. The Balaban J connectivity index is 2.24. The van der Waals surface area contributed by atoms with Crippen molar-refractivity contribution in [3.05, 3.63) is 12.1 Å². The molecule has 1 heterocycles. The Morgan fingerprint density at radius 3 is 2.76 bits per heavy atom. The molecule has 0 radical (unpaired) electrons. The van der Waals surface area contributed by atoms with Crippen LogP contribution < -0.4 is 11.1 Å². The third-order valence-electron chi connectivity index (χ3n) is 2.54. The van der Waals surface area contributed by atoms with E-state index in [2.05, 4.69) is 20.3 Å². The lowest BCUT2D eigenvalue weighted by atomic mass is 10.1. The number of nitrogens with two attached hydrogens (primary N) is 1. The van der Waals surface area contributed by atoms with Gasteiger partial charge in [-0.05, 0) is 42.7 Å². The predicted molar refractivity (Wildman–Crippen MR) is 65.6 cm³/mol. The molecule has 0 saturated heterocycles. The molecule has 0 aliphatic heterocycles. The van der Waals surface area contributed by atoms with Crippen LogP contribution >= 0.6 is 0 Å². The molecule has 92 valence electrons. The zero-order chi connectivity index (χ0) is 12.4. The molecule has 17 heavy (non-hydrogen) atoms. The van der Waals surface area contributed by atoms with Crippen LogP contribution in [0.1, 0.15) is 20.3 Å². The number of hydrogen-bond acceptors (Lipinski definition) is 6. The van der Waals surface area contributed by atoms with Gasteiger partial charge in [-0.2, -0.15) is 0 Å². The highest BCUT2D eigenvalue weighted by Gasteiger charge is 2.12. The molecule has 0 bridgehead atoms. The van der Waals surface area contributed by atoms with Crippen LogP contribution in [0.3, 0.4) is 0 Å². The van der Waals surface area contributed by atoms with E-state index in [0.29, 0.717) is 23.1 Å². The van der Waals surface area contributed by atoms with Crippen LogP contribution in [0.5, 0.6) is 0 Å². The lowest BCUT2D eigenvalue weighted by Gasteiger charge is -2.16. The van der Waals surface area contributed by atoms with E-state index in [1.165, 1.54) is 0 Å². The fourth-order valence-corrected chi connectivity index (χ4v) is 1.84. The Bertz CT molecular complexity index is 509. The van der Waals surface area contributed by atoms with E-state index < -0.39 is 0 Å². The zero-order valence-corrected chi connectivity index (χ0v) is 9.84. The normalized spacial score (nSPS) is 14.8. The van der Waals surface area contributed by atoms with E-state index in [1.54, 1.807) is 13.0 Å². The van der Waals surface area contributed by atoms with Crippen LogP contribution in [0, 0.1) is 0 Å². The van der Waals surface area contributed by atoms with Gasteiger partial charge in [0.05, 0.1) is 17.5 Å². The van der Waals surface area contributed by atoms with Gasteiger partial charge in [-0.1, -0.05) is 0 Å². The van der Waals surface area contributed by atoms with Crippen molar-refractivity contribution in [3.63, 3.8) is 0 Å². The van der Waals surface area contributed by atoms with Gasteiger partial charge in [0, 0.05) is 6.04 Å². The second kappa shape index (κ2) is 4.58. The second-order valence-corrected chi connectivity index (χ2v) is 4.29. The highest BCUT2D eigenvalue weighted by molar-refractivity contribution is 5.94. The first-order valence-corrected chi connectivity index (χ1v) is 5.53. The van der Waals surface area contributed by atoms with Gasteiger partial charge in [-0.3, -0.25) is 0 Å². The van der Waals surface area contributed by atoms with E-state index >= 15 is 0 Å². The van der Waals surface area contributed by atoms with Crippen LogP contribution in [-0.4, -0.2) is 27.6 Å². The monoisotopic (exact) mass is 236 g/mol. The molecule has 0 aliphatic carbocycles. The Morgan fingerprint density at radius 2 is 2.06 bits per heavy atom. The molecule has 0 fully saturated rings. The fourth-order valence-electron chi connectivity index (χ4n) is 1.84. The SMILES string of the molecule is CC(O)CC(C)Nc1ccc(N)c2nonc12. The smallest absolute Gasteiger partial charge is 0.160 e. The quantitative estimate of drug-likeness (QED) is 0.694. The van der Waals surface area contributed by atoms with Crippen molar-refractivity contribution in [3.8, 4) is 0 Å². The van der Waals surface area contributed by atoms with Crippen molar-refractivity contribution in [1.82, 2.24) is 10.3 Å². The Kier molecular flexibility index (Phi) is 3.14. The first-order chi connectivity index (χ1) is 8.08. The summed E-state index contributed by atoms with van der Waals surface area (Å²) in [6.07, 6.45) is 0.300. The summed E-state index contributed by atoms with van der Waals surface area (Å²) >= 11 is 0. The minimum absolute atomic E-state index is 0.124. The molecule has 1 aromatic carbocycles. The number of benzene rings is 1.